The molecule has 0 aliphatic heterocycles. The van der Waals surface area contributed by atoms with Crippen molar-refractivity contribution < 1.29 is 9.32 Å². The molecule has 0 aliphatic carbocycles. The predicted octanol–water partition coefficient (Wildman–Crippen LogP) is 2.19. The van der Waals surface area contributed by atoms with Crippen molar-refractivity contribution in [3.8, 4) is 17.5 Å². The van der Waals surface area contributed by atoms with Gasteiger partial charge in [-0.15, -0.1) is 0 Å². The highest BCUT2D eigenvalue weighted by molar-refractivity contribution is 5.93. The molecule has 0 bridgehead atoms. The fourth-order valence-electron chi connectivity index (χ4n) is 2.31. The zero-order valence-corrected chi connectivity index (χ0v) is 13.3. The van der Waals surface area contributed by atoms with Gasteiger partial charge in [0.05, 0.1) is 0 Å². The number of nitriles is 1. The van der Waals surface area contributed by atoms with Gasteiger partial charge in [-0.2, -0.15) is 10.2 Å². The number of nitrogens with zero attached hydrogens (tertiary/aromatic N) is 4. The van der Waals surface area contributed by atoms with Gasteiger partial charge in [0.15, 0.2) is 0 Å². The summed E-state index contributed by atoms with van der Waals surface area (Å²) in [5, 5.41) is 15.6. The summed E-state index contributed by atoms with van der Waals surface area (Å²) in [6.45, 7) is 2.12. The number of aromatic nitrogens is 3. The summed E-state index contributed by atoms with van der Waals surface area (Å²) in [4.78, 5) is 16.4. The van der Waals surface area contributed by atoms with E-state index in [-0.39, 0.29) is 5.91 Å². The van der Waals surface area contributed by atoms with E-state index in [2.05, 4.69) is 15.5 Å². The lowest BCUT2D eigenvalue weighted by Crippen LogP contribution is -2.25. The van der Waals surface area contributed by atoms with Gasteiger partial charge >= 0.3 is 0 Å². The first-order valence-electron chi connectivity index (χ1n) is 7.32. The molecule has 0 atom stereocenters. The molecule has 1 N–H and O–H groups in total. The summed E-state index contributed by atoms with van der Waals surface area (Å²) in [6, 6.07) is 12.8. The lowest BCUT2D eigenvalue weighted by molar-refractivity contribution is 0.0942. The van der Waals surface area contributed by atoms with Gasteiger partial charge in [0.2, 0.25) is 11.7 Å². The van der Waals surface area contributed by atoms with E-state index in [9.17, 15) is 4.79 Å². The molecule has 0 unspecified atom stereocenters. The Morgan fingerprint density at radius 2 is 2.04 bits per heavy atom. The van der Waals surface area contributed by atoms with E-state index < -0.39 is 0 Å². The van der Waals surface area contributed by atoms with Crippen LogP contribution in [0.2, 0.25) is 0 Å². The van der Waals surface area contributed by atoms with Crippen molar-refractivity contribution in [2.75, 3.05) is 0 Å². The lowest BCUT2D eigenvalue weighted by atomic mass is 10.1. The average Bonchev–Trinajstić information content (AvgIpc) is 3.19. The Balaban J connectivity index is 1.65. The molecule has 1 aromatic carbocycles. The zero-order chi connectivity index (χ0) is 17.1. The van der Waals surface area contributed by atoms with Crippen molar-refractivity contribution in [1.29, 1.82) is 5.26 Å². The summed E-state index contributed by atoms with van der Waals surface area (Å²) in [7, 11) is 1.69. The standard InChI is InChI=1S/C17H15N5O2/c1-11-20-16(21-24-11)13-5-3-12(4-6-13)10-19-17(23)15-8-7-14(9-18)22(15)2/h3-8H,10H2,1-2H3,(H,19,23). The number of hydrogen-bond acceptors (Lipinski definition) is 5. The number of carbonyl (C=O) groups is 1. The predicted molar refractivity (Wildman–Crippen MR) is 85.8 cm³/mol. The topological polar surface area (TPSA) is 96.7 Å². The normalized spacial score (nSPS) is 10.4. The third kappa shape index (κ3) is 3.03. The Labute approximate surface area is 138 Å². The average molecular weight is 321 g/mol. The first-order chi connectivity index (χ1) is 11.6. The van der Waals surface area contributed by atoms with Crippen LogP contribution in [0.1, 0.15) is 27.6 Å². The van der Waals surface area contributed by atoms with E-state index in [0.29, 0.717) is 29.6 Å². The molecule has 7 heteroatoms. The molecule has 120 valence electrons. The Hall–Kier alpha value is -3.40. The zero-order valence-electron chi connectivity index (χ0n) is 13.3. The van der Waals surface area contributed by atoms with Crippen LogP contribution in [-0.2, 0) is 13.6 Å². The van der Waals surface area contributed by atoms with Crippen LogP contribution in [0.4, 0.5) is 0 Å². The quantitative estimate of drug-likeness (QED) is 0.794. The fraction of sp³-hybridized carbons (Fsp3) is 0.176. The second kappa shape index (κ2) is 6.38. The highest BCUT2D eigenvalue weighted by Gasteiger charge is 2.12. The van der Waals surface area contributed by atoms with Crippen LogP contribution in [0.3, 0.4) is 0 Å². The van der Waals surface area contributed by atoms with E-state index in [4.69, 9.17) is 9.78 Å². The van der Waals surface area contributed by atoms with Crippen LogP contribution in [0.25, 0.3) is 11.4 Å². The minimum atomic E-state index is -0.225. The number of carbonyl (C=O) groups excluding carboxylic acids is 1. The van der Waals surface area contributed by atoms with E-state index in [1.54, 1.807) is 30.7 Å². The van der Waals surface area contributed by atoms with Gasteiger partial charge in [0.25, 0.3) is 5.91 Å². The van der Waals surface area contributed by atoms with Gasteiger partial charge in [-0.05, 0) is 17.7 Å². The molecular weight excluding hydrogens is 306 g/mol. The Morgan fingerprint density at radius 3 is 2.62 bits per heavy atom. The minimum absolute atomic E-state index is 0.225. The number of benzene rings is 1. The van der Waals surface area contributed by atoms with Gasteiger partial charge in [-0.1, -0.05) is 29.4 Å². The van der Waals surface area contributed by atoms with Gasteiger partial charge in [0.1, 0.15) is 17.5 Å². The second-order valence-electron chi connectivity index (χ2n) is 5.29. The molecule has 0 fully saturated rings. The molecular formula is C17H15N5O2. The number of nitrogens with one attached hydrogen (secondary N) is 1. The molecule has 7 nitrogen and oxygen atoms in total. The van der Waals surface area contributed by atoms with Gasteiger partial charge in [-0.25, -0.2) is 0 Å². The first-order valence-corrected chi connectivity index (χ1v) is 7.32. The second-order valence-corrected chi connectivity index (χ2v) is 5.29. The van der Waals surface area contributed by atoms with Crippen molar-refractivity contribution in [2.45, 2.75) is 13.5 Å². The highest BCUT2D eigenvalue weighted by Crippen LogP contribution is 2.16. The van der Waals surface area contributed by atoms with Crippen LogP contribution >= 0.6 is 0 Å². The van der Waals surface area contributed by atoms with E-state index in [1.807, 2.05) is 30.3 Å². The summed E-state index contributed by atoms with van der Waals surface area (Å²) >= 11 is 0. The molecule has 0 saturated carbocycles. The molecule has 0 aliphatic rings. The first kappa shape index (κ1) is 15.5. The fourth-order valence-corrected chi connectivity index (χ4v) is 2.31. The molecule has 0 radical (unpaired) electrons. The Bertz CT molecular complexity index is 915. The van der Waals surface area contributed by atoms with E-state index in [1.165, 1.54) is 0 Å². The summed E-state index contributed by atoms with van der Waals surface area (Å²) in [6.07, 6.45) is 0. The largest absolute Gasteiger partial charge is 0.347 e. The van der Waals surface area contributed by atoms with Gasteiger partial charge < -0.3 is 14.4 Å². The molecule has 3 rings (SSSR count). The molecule has 0 saturated heterocycles. The minimum Gasteiger partial charge on any atom is -0.347 e. The third-order valence-corrected chi connectivity index (χ3v) is 3.66. The molecule has 2 heterocycles. The van der Waals surface area contributed by atoms with Gasteiger partial charge in [-0.3, -0.25) is 4.79 Å². The third-order valence-electron chi connectivity index (χ3n) is 3.66. The summed E-state index contributed by atoms with van der Waals surface area (Å²) < 4.78 is 6.52. The van der Waals surface area contributed by atoms with Crippen LogP contribution in [0.5, 0.6) is 0 Å². The van der Waals surface area contributed by atoms with Crippen LogP contribution in [-0.4, -0.2) is 20.6 Å². The molecule has 0 spiro atoms. The van der Waals surface area contributed by atoms with Crippen LogP contribution in [0, 0.1) is 18.3 Å². The summed E-state index contributed by atoms with van der Waals surface area (Å²) in [5.74, 6) is 0.827. The van der Waals surface area contributed by atoms with E-state index >= 15 is 0 Å². The number of hydrogen-bond donors (Lipinski definition) is 1. The SMILES string of the molecule is Cc1nc(-c2ccc(CNC(=O)c3ccc(C#N)n3C)cc2)no1. The van der Waals surface area contributed by atoms with Gasteiger partial charge in [0, 0.05) is 26.1 Å². The maximum Gasteiger partial charge on any atom is 0.268 e. The smallest absolute Gasteiger partial charge is 0.268 e. The highest BCUT2D eigenvalue weighted by atomic mass is 16.5. The maximum atomic E-state index is 12.2. The van der Waals surface area contributed by atoms with Crippen molar-refractivity contribution in [3.63, 3.8) is 0 Å². The van der Waals surface area contributed by atoms with Crippen molar-refractivity contribution in [3.05, 3.63) is 59.2 Å². The Morgan fingerprint density at radius 1 is 1.29 bits per heavy atom. The maximum absolute atomic E-state index is 12.2. The van der Waals surface area contributed by atoms with E-state index in [0.717, 1.165) is 11.1 Å². The number of amides is 1. The number of rotatable bonds is 4. The monoisotopic (exact) mass is 321 g/mol. The molecule has 2 aromatic heterocycles. The molecule has 1 amide bonds. The molecule has 3 aromatic rings. The lowest BCUT2D eigenvalue weighted by Gasteiger charge is -2.07. The Kier molecular flexibility index (Phi) is 4.12. The number of aryl methyl sites for hydroxylation is 1. The summed E-state index contributed by atoms with van der Waals surface area (Å²) in [5.41, 5.74) is 2.69. The van der Waals surface area contributed by atoms with Crippen LogP contribution in [0.15, 0.2) is 40.9 Å². The van der Waals surface area contributed by atoms with Crippen molar-refractivity contribution in [2.24, 2.45) is 7.05 Å². The van der Waals surface area contributed by atoms with Crippen molar-refractivity contribution >= 4 is 5.91 Å². The molecule has 24 heavy (non-hydrogen) atoms. The van der Waals surface area contributed by atoms with Crippen LogP contribution < -0.4 is 5.32 Å². The van der Waals surface area contributed by atoms with Crippen molar-refractivity contribution in [1.82, 2.24) is 20.0 Å².